The van der Waals surface area contributed by atoms with E-state index in [1.54, 1.807) is 0 Å². The first-order valence-corrected chi connectivity index (χ1v) is 33.0. The maximum Gasteiger partial charge on any atom is 0.335 e. The quantitative estimate of drug-likeness (QED) is 0.0228. The third-order valence-electron chi connectivity index (χ3n) is 15.2. The van der Waals surface area contributed by atoms with Gasteiger partial charge >= 0.3 is 23.9 Å². The lowest BCUT2D eigenvalue weighted by Crippen LogP contribution is -2.61. The molecule has 0 aliphatic carbocycles. The van der Waals surface area contributed by atoms with Gasteiger partial charge in [-0.2, -0.15) is 0 Å². The molecule has 1 aliphatic rings. The van der Waals surface area contributed by atoms with Crippen LogP contribution in [-0.2, 0) is 42.9 Å². The van der Waals surface area contributed by atoms with E-state index >= 15 is 0 Å². The third-order valence-corrected chi connectivity index (χ3v) is 15.2. The van der Waals surface area contributed by atoms with Gasteiger partial charge in [0, 0.05) is 19.3 Å². The summed E-state index contributed by atoms with van der Waals surface area (Å²) in [5.41, 5.74) is 0. The molecule has 460 valence electrons. The maximum atomic E-state index is 13.2. The predicted octanol–water partition coefficient (Wildman–Crippen LogP) is 17.6. The van der Waals surface area contributed by atoms with Crippen LogP contribution in [0, 0.1) is 0 Å². The van der Waals surface area contributed by atoms with Gasteiger partial charge in [-0.3, -0.25) is 14.4 Å². The Morgan fingerprint density at radius 3 is 1.08 bits per heavy atom. The van der Waals surface area contributed by atoms with E-state index in [1.807, 2.05) is 0 Å². The van der Waals surface area contributed by atoms with E-state index in [2.05, 4.69) is 57.2 Å². The van der Waals surface area contributed by atoms with Crippen molar-refractivity contribution in [2.75, 3.05) is 13.2 Å². The fourth-order valence-electron chi connectivity index (χ4n) is 10.1. The standard InChI is InChI=1S/C67H120O12/c1-4-7-10-13-16-19-22-25-28-30-33-35-38-41-44-47-50-53-59(68)75-56-58(77-60(69)54-51-48-45-42-39-36-32-27-24-21-18-15-12-9-6-3)57-76-67-65(63(72)62(71)64(79-67)66(73)74)78-61(70)55-52-49-46-43-40-37-34-31-29-26-23-20-17-14-11-8-5-2/h25-29,32,58,62-65,67,71-72H,4-24,30-31,33-57H2,1-3H3,(H,73,74)/b28-25-,29-26-,32-27-. The van der Waals surface area contributed by atoms with Crippen LogP contribution in [0.15, 0.2) is 36.5 Å². The van der Waals surface area contributed by atoms with Gasteiger partial charge in [0.25, 0.3) is 0 Å². The van der Waals surface area contributed by atoms with E-state index in [-0.39, 0.29) is 25.9 Å². The van der Waals surface area contributed by atoms with E-state index in [4.69, 9.17) is 23.7 Å². The van der Waals surface area contributed by atoms with Gasteiger partial charge in [0.1, 0.15) is 18.8 Å². The molecule has 1 rings (SSSR count). The first kappa shape index (κ1) is 74.0. The molecule has 1 saturated heterocycles. The number of carbonyl (C=O) groups excluding carboxylic acids is 3. The number of aliphatic hydroxyl groups is 2. The van der Waals surface area contributed by atoms with Crippen molar-refractivity contribution in [3.8, 4) is 0 Å². The number of esters is 3. The van der Waals surface area contributed by atoms with Crippen molar-refractivity contribution in [1.29, 1.82) is 0 Å². The molecule has 0 amide bonds. The Morgan fingerprint density at radius 2 is 0.722 bits per heavy atom. The van der Waals surface area contributed by atoms with Gasteiger partial charge in [0.15, 0.2) is 24.6 Å². The first-order valence-electron chi connectivity index (χ1n) is 33.0. The third kappa shape index (κ3) is 45.2. The van der Waals surface area contributed by atoms with Crippen LogP contribution >= 0.6 is 0 Å². The molecule has 6 atom stereocenters. The fraction of sp³-hybridized carbons (Fsp3) is 0.851. The summed E-state index contributed by atoms with van der Waals surface area (Å²) in [6.45, 7) is 6.01. The number of carboxylic acid groups (broad SMARTS) is 1. The molecule has 0 aromatic carbocycles. The Kier molecular flexibility index (Phi) is 51.9. The smallest absolute Gasteiger partial charge is 0.335 e. The number of carboxylic acids is 1. The largest absolute Gasteiger partial charge is 0.479 e. The molecule has 0 aromatic heterocycles. The SMILES string of the molecule is CCCCCCCC/C=C\CCCCCCCCCC(=O)OCC(COC1OC(C(=O)O)C(O)C(O)C1OC(=O)CCCCCCCCC/C=C\CCCCCCCC)OC(=O)CCCCCCC/C=C\CCCCCCCC. The highest BCUT2D eigenvalue weighted by atomic mass is 16.7. The molecule has 79 heavy (non-hydrogen) atoms. The number of unbranched alkanes of at least 4 members (excludes halogenated alkanes) is 37. The number of rotatable bonds is 57. The number of aliphatic carboxylic acids is 1. The van der Waals surface area contributed by atoms with Gasteiger partial charge in [-0.05, 0) is 96.3 Å². The highest BCUT2D eigenvalue weighted by molar-refractivity contribution is 5.74. The zero-order chi connectivity index (χ0) is 57.5. The molecule has 12 nitrogen and oxygen atoms in total. The van der Waals surface area contributed by atoms with Gasteiger partial charge < -0.3 is 39.0 Å². The average Bonchev–Trinajstić information content (AvgIpc) is 3.47. The maximum absolute atomic E-state index is 13.2. The van der Waals surface area contributed by atoms with Crippen LogP contribution in [0.5, 0.6) is 0 Å². The molecule has 0 radical (unpaired) electrons. The molecule has 1 heterocycles. The second kappa shape index (κ2) is 55.5. The fourth-order valence-corrected chi connectivity index (χ4v) is 10.1. The lowest BCUT2D eigenvalue weighted by molar-refractivity contribution is -0.301. The van der Waals surface area contributed by atoms with Crippen LogP contribution in [-0.4, -0.2) is 89.2 Å². The van der Waals surface area contributed by atoms with Crippen molar-refractivity contribution in [3.05, 3.63) is 36.5 Å². The second-order valence-electron chi connectivity index (χ2n) is 22.7. The summed E-state index contributed by atoms with van der Waals surface area (Å²) in [4.78, 5) is 51.3. The minimum Gasteiger partial charge on any atom is -0.479 e. The van der Waals surface area contributed by atoms with Crippen LogP contribution in [0.3, 0.4) is 0 Å². The number of hydrogen-bond donors (Lipinski definition) is 3. The molecular weight excluding hydrogens is 997 g/mol. The Morgan fingerprint density at radius 1 is 0.405 bits per heavy atom. The zero-order valence-corrected chi connectivity index (χ0v) is 50.9. The second-order valence-corrected chi connectivity index (χ2v) is 22.7. The summed E-state index contributed by atoms with van der Waals surface area (Å²) >= 11 is 0. The Balaban J connectivity index is 2.65. The van der Waals surface area contributed by atoms with Crippen LogP contribution in [0.1, 0.15) is 316 Å². The zero-order valence-electron chi connectivity index (χ0n) is 50.9. The normalized spacial score (nSPS) is 18.0. The number of aliphatic hydroxyl groups excluding tert-OH is 2. The Bertz CT molecular complexity index is 1510. The van der Waals surface area contributed by atoms with Crippen LogP contribution in [0.4, 0.5) is 0 Å². The van der Waals surface area contributed by atoms with E-state index in [1.165, 1.54) is 161 Å². The van der Waals surface area contributed by atoms with E-state index in [0.29, 0.717) is 19.3 Å². The molecule has 3 N–H and O–H groups in total. The summed E-state index contributed by atoms with van der Waals surface area (Å²) < 4.78 is 28.5. The number of hydrogen-bond acceptors (Lipinski definition) is 11. The minimum absolute atomic E-state index is 0.0571. The molecular formula is C67H120O12. The first-order chi connectivity index (χ1) is 38.6. The van der Waals surface area contributed by atoms with E-state index in [0.717, 1.165) is 96.3 Å². The summed E-state index contributed by atoms with van der Waals surface area (Å²) in [5.74, 6) is -3.11. The van der Waals surface area contributed by atoms with Crippen molar-refractivity contribution in [2.24, 2.45) is 0 Å². The molecule has 1 fully saturated rings. The Hall–Kier alpha value is -3.06. The van der Waals surface area contributed by atoms with E-state index < -0.39 is 67.3 Å². The Labute approximate surface area is 482 Å². The molecule has 0 bridgehead atoms. The van der Waals surface area contributed by atoms with Crippen molar-refractivity contribution in [2.45, 2.75) is 353 Å². The topological polar surface area (TPSA) is 175 Å². The van der Waals surface area contributed by atoms with Gasteiger partial charge in [0.2, 0.25) is 0 Å². The van der Waals surface area contributed by atoms with Crippen molar-refractivity contribution < 1.29 is 58.2 Å². The average molecular weight is 1120 g/mol. The minimum atomic E-state index is -1.90. The molecule has 1 aliphatic heterocycles. The monoisotopic (exact) mass is 1120 g/mol. The molecule has 0 spiro atoms. The molecule has 6 unspecified atom stereocenters. The van der Waals surface area contributed by atoms with Crippen LogP contribution < -0.4 is 0 Å². The van der Waals surface area contributed by atoms with E-state index in [9.17, 15) is 34.5 Å². The molecule has 12 heteroatoms. The van der Waals surface area contributed by atoms with Gasteiger partial charge in [-0.1, -0.05) is 237 Å². The highest BCUT2D eigenvalue weighted by Crippen LogP contribution is 2.27. The number of allylic oxidation sites excluding steroid dienone is 6. The molecule has 0 aromatic rings. The lowest BCUT2D eigenvalue weighted by atomic mass is 9.98. The molecule has 0 saturated carbocycles. The van der Waals surface area contributed by atoms with Crippen LogP contribution in [0.25, 0.3) is 0 Å². The number of carbonyl (C=O) groups is 4. The van der Waals surface area contributed by atoms with Crippen molar-refractivity contribution >= 4 is 23.9 Å². The van der Waals surface area contributed by atoms with Gasteiger partial charge in [0.05, 0.1) is 6.61 Å². The predicted molar refractivity (Wildman–Crippen MR) is 322 cm³/mol. The summed E-state index contributed by atoms with van der Waals surface area (Å²) in [5, 5.41) is 31.6. The summed E-state index contributed by atoms with van der Waals surface area (Å²) in [6.07, 6.45) is 53.8. The highest BCUT2D eigenvalue weighted by Gasteiger charge is 2.50. The van der Waals surface area contributed by atoms with Gasteiger partial charge in [-0.15, -0.1) is 0 Å². The van der Waals surface area contributed by atoms with Crippen molar-refractivity contribution in [1.82, 2.24) is 0 Å². The summed E-state index contributed by atoms with van der Waals surface area (Å²) in [6, 6.07) is 0. The van der Waals surface area contributed by atoms with Crippen molar-refractivity contribution in [3.63, 3.8) is 0 Å². The van der Waals surface area contributed by atoms with Gasteiger partial charge in [-0.25, -0.2) is 4.79 Å². The van der Waals surface area contributed by atoms with Crippen LogP contribution in [0.2, 0.25) is 0 Å². The lowest BCUT2D eigenvalue weighted by Gasteiger charge is -2.40. The number of ether oxygens (including phenoxy) is 5. The summed E-state index contributed by atoms with van der Waals surface area (Å²) in [7, 11) is 0.